The van der Waals surface area contributed by atoms with Gasteiger partial charge in [0.1, 0.15) is 12.1 Å². The van der Waals surface area contributed by atoms with E-state index in [0.29, 0.717) is 6.04 Å². The molecule has 1 atom stereocenters. The Bertz CT molecular complexity index is 471. The van der Waals surface area contributed by atoms with Gasteiger partial charge in [0.25, 0.3) is 0 Å². The van der Waals surface area contributed by atoms with Crippen molar-refractivity contribution in [1.82, 2.24) is 9.97 Å². The van der Waals surface area contributed by atoms with E-state index in [4.69, 9.17) is 4.74 Å². The second-order valence-electron chi connectivity index (χ2n) is 6.07. The normalized spacial score (nSPS) is 24.4. The summed E-state index contributed by atoms with van der Waals surface area (Å²) in [4.78, 5) is 8.88. The molecule has 1 aliphatic carbocycles. The number of rotatable bonds is 4. The van der Waals surface area contributed by atoms with Crippen molar-refractivity contribution in [2.75, 3.05) is 11.9 Å². The van der Waals surface area contributed by atoms with Gasteiger partial charge in [0, 0.05) is 23.9 Å². The second kappa shape index (κ2) is 5.68. The molecule has 0 amide bonds. The summed E-state index contributed by atoms with van der Waals surface area (Å²) in [5.41, 5.74) is 2.65. The molecule has 0 saturated carbocycles. The highest BCUT2D eigenvalue weighted by Gasteiger charge is 2.35. The Morgan fingerprint density at radius 3 is 2.95 bits per heavy atom. The lowest BCUT2D eigenvalue weighted by molar-refractivity contribution is -0.0864. The zero-order valence-electron chi connectivity index (χ0n) is 12.6. The predicted molar refractivity (Wildman–Crippen MR) is 80.0 cm³/mol. The summed E-state index contributed by atoms with van der Waals surface area (Å²) in [7, 11) is 0. The van der Waals surface area contributed by atoms with E-state index in [1.54, 1.807) is 6.33 Å². The van der Waals surface area contributed by atoms with E-state index in [9.17, 15) is 0 Å². The zero-order valence-corrected chi connectivity index (χ0v) is 12.6. The molecule has 1 aromatic heterocycles. The van der Waals surface area contributed by atoms with Crippen molar-refractivity contribution in [2.45, 2.75) is 70.4 Å². The summed E-state index contributed by atoms with van der Waals surface area (Å²) >= 11 is 0. The number of ether oxygens (including phenoxy) is 1. The van der Waals surface area contributed by atoms with Gasteiger partial charge < -0.3 is 10.1 Å². The van der Waals surface area contributed by atoms with Crippen LogP contribution in [0.25, 0.3) is 0 Å². The van der Waals surface area contributed by atoms with Gasteiger partial charge in [-0.25, -0.2) is 9.97 Å². The highest BCUT2D eigenvalue weighted by molar-refractivity contribution is 5.48. The highest BCUT2D eigenvalue weighted by Crippen LogP contribution is 2.34. The first kappa shape index (κ1) is 13.8. The van der Waals surface area contributed by atoms with Gasteiger partial charge in [-0.1, -0.05) is 13.8 Å². The molecule has 2 heterocycles. The van der Waals surface area contributed by atoms with E-state index in [-0.39, 0.29) is 5.60 Å². The number of aromatic nitrogens is 2. The fraction of sp³-hybridized carbons (Fsp3) is 0.750. The number of nitrogens with one attached hydrogen (secondary N) is 1. The van der Waals surface area contributed by atoms with Crippen molar-refractivity contribution in [3.05, 3.63) is 17.6 Å². The van der Waals surface area contributed by atoms with E-state index < -0.39 is 0 Å². The molecular weight excluding hydrogens is 250 g/mol. The average molecular weight is 275 g/mol. The third-order valence-electron chi connectivity index (χ3n) is 5.00. The number of nitrogens with zero attached hydrogens (tertiary/aromatic N) is 2. The molecule has 1 saturated heterocycles. The minimum absolute atomic E-state index is 0.0616. The van der Waals surface area contributed by atoms with E-state index in [2.05, 4.69) is 29.1 Å². The first-order chi connectivity index (χ1) is 9.76. The van der Waals surface area contributed by atoms with Crippen molar-refractivity contribution in [2.24, 2.45) is 0 Å². The molecule has 1 unspecified atom stereocenters. The number of fused-ring (bicyclic) bond motifs is 1. The summed E-state index contributed by atoms with van der Waals surface area (Å²) in [6, 6.07) is 0.475. The maximum absolute atomic E-state index is 6.05. The number of hydrogen-bond acceptors (Lipinski definition) is 4. The zero-order chi connectivity index (χ0) is 14.0. The van der Waals surface area contributed by atoms with Crippen molar-refractivity contribution in [3.63, 3.8) is 0 Å². The van der Waals surface area contributed by atoms with E-state index in [1.165, 1.54) is 17.7 Å². The van der Waals surface area contributed by atoms with Crippen LogP contribution in [0.4, 0.5) is 5.82 Å². The fourth-order valence-corrected chi connectivity index (χ4v) is 3.57. The van der Waals surface area contributed by atoms with Gasteiger partial charge in [-0.05, 0) is 44.9 Å². The summed E-state index contributed by atoms with van der Waals surface area (Å²) in [5.74, 6) is 1.07. The lowest BCUT2D eigenvalue weighted by Gasteiger charge is -2.40. The fourth-order valence-electron chi connectivity index (χ4n) is 3.57. The Hall–Kier alpha value is -1.16. The highest BCUT2D eigenvalue weighted by atomic mass is 16.5. The van der Waals surface area contributed by atoms with Crippen LogP contribution >= 0.6 is 0 Å². The second-order valence-corrected chi connectivity index (χ2v) is 6.07. The molecule has 1 N–H and O–H groups in total. The summed E-state index contributed by atoms with van der Waals surface area (Å²) in [6.45, 7) is 5.31. The molecule has 2 aliphatic rings. The van der Waals surface area contributed by atoms with Crippen molar-refractivity contribution < 1.29 is 4.74 Å². The number of anilines is 1. The quantitative estimate of drug-likeness (QED) is 0.917. The number of hydrogen-bond donors (Lipinski definition) is 1. The van der Waals surface area contributed by atoms with E-state index in [1.807, 2.05) is 0 Å². The Morgan fingerprint density at radius 2 is 2.15 bits per heavy atom. The molecule has 0 aromatic carbocycles. The van der Waals surface area contributed by atoms with Gasteiger partial charge in [-0.15, -0.1) is 0 Å². The van der Waals surface area contributed by atoms with Crippen LogP contribution in [-0.2, 0) is 17.6 Å². The summed E-state index contributed by atoms with van der Waals surface area (Å²) in [5, 5.41) is 3.67. The first-order valence-electron chi connectivity index (χ1n) is 7.99. The minimum Gasteiger partial charge on any atom is -0.375 e. The van der Waals surface area contributed by atoms with Gasteiger partial charge in [0.05, 0.1) is 5.60 Å². The smallest absolute Gasteiger partial charge is 0.133 e. The lowest BCUT2D eigenvalue weighted by atomic mass is 9.86. The first-order valence-corrected chi connectivity index (χ1v) is 7.99. The molecule has 3 rings (SSSR count). The molecule has 0 radical (unpaired) electrons. The summed E-state index contributed by atoms with van der Waals surface area (Å²) < 4.78 is 6.05. The van der Waals surface area contributed by atoms with Gasteiger partial charge in [0.2, 0.25) is 0 Å². The maximum Gasteiger partial charge on any atom is 0.133 e. The third kappa shape index (κ3) is 2.53. The molecule has 1 aromatic rings. The van der Waals surface area contributed by atoms with Crippen LogP contribution < -0.4 is 5.32 Å². The molecule has 4 heteroatoms. The monoisotopic (exact) mass is 275 g/mol. The molecule has 20 heavy (non-hydrogen) atoms. The molecule has 1 fully saturated rings. The van der Waals surface area contributed by atoms with Crippen LogP contribution in [-0.4, -0.2) is 28.2 Å². The average Bonchev–Trinajstić information content (AvgIpc) is 2.97. The van der Waals surface area contributed by atoms with Crippen molar-refractivity contribution in [3.8, 4) is 0 Å². The van der Waals surface area contributed by atoms with Crippen molar-refractivity contribution >= 4 is 5.82 Å². The standard InChI is InChI=1S/C16H25N3O/c1-3-16(4-2)10-12(8-9-20-16)19-15-13-6-5-7-14(13)17-11-18-15/h11-12H,3-10H2,1-2H3,(H,17,18,19). The van der Waals surface area contributed by atoms with Crippen LogP contribution in [0.2, 0.25) is 0 Å². The van der Waals surface area contributed by atoms with Crippen LogP contribution in [0.15, 0.2) is 6.33 Å². The Kier molecular flexibility index (Phi) is 3.92. The molecule has 4 nitrogen and oxygen atoms in total. The summed E-state index contributed by atoms with van der Waals surface area (Å²) in [6.07, 6.45) is 9.47. The predicted octanol–water partition coefficient (Wildman–Crippen LogP) is 3.12. The maximum atomic E-state index is 6.05. The number of aryl methyl sites for hydroxylation is 1. The Morgan fingerprint density at radius 1 is 1.30 bits per heavy atom. The minimum atomic E-state index is 0.0616. The lowest BCUT2D eigenvalue weighted by Crippen LogP contribution is -2.43. The SMILES string of the molecule is CCC1(CC)CC(Nc2ncnc3c2CCC3)CCO1. The van der Waals surface area contributed by atoms with Crippen molar-refractivity contribution in [1.29, 1.82) is 0 Å². The Labute approximate surface area is 121 Å². The van der Waals surface area contributed by atoms with Gasteiger partial charge in [0.15, 0.2) is 0 Å². The topological polar surface area (TPSA) is 47.0 Å². The van der Waals surface area contributed by atoms with Gasteiger partial charge >= 0.3 is 0 Å². The van der Waals surface area contributed by atoms with Gasteiger partial charge in [-0.2, -0.15) is 0 Å². The van der Waals surface area contributed by atoms with E-state index >= 15 is 0 Å². The molecule has 110 valence electrons. The van der Waals surface area contributed by atoms with Crippen LogP contribution in [0.3, 0.4) is 0 Å². The molecule has 0 spiro atoms. The van der Waals surface area contributed by atoms with Crippen LogP contribution in [0.5, 0.6) is 0 Å². The van der Waals surface area contributed by atoms with Gasteiger partial charge in [-0.3, -0.25) is 0 Å². The molecule has 1 aliphatic heterocycles. The Balaban J connectivity index is 1.73. The van der Waals surface area contributed by atoms with Crippen LogP contribution in [0.1, 0.15) is 57.2 Å². The largest absolute Gasteiger partial charge is 0.375 e. The van der Waals surface area contributed by atoms with E-state index in [0.717, 1.165) is 50.9 Å². The molecule has 0 bridgehead atoms. The third-order valence-corrected chi connectivity index (χ3v) is 5.00. The molecular formula is C16H25N3O. The van der Waals surface area contributed by atoms with Crippen LogP contribution in [0, 0.1) is 0 Å².